The fourth-order valence-corrected chi connectivity index (χ4v) is 5.72. The van der Waals surface area contributed by atoms with Crippen LogP contribution in [0.2, 0.25) is 0 Å². The number of benzene rings is 2. The van der Waals surface area contributed by atoms with Crippen LogP contribution in [0.25, 0.3) is 27.7 Å². The Morgan fingerprint density at radius 1 is 1.10 bits per heavy atom. The minimum atomic E-state index is -1.22. The van der Waals surface area contributed by atoms with Gasteiger partial charge in [0, 0.05) is 41.2 Å². The van der Waals surface area contributed by atoms with Crippen molar-refractivity contribution in [3.8, 4) is 16.9 Å². The number of hydrogen-bond donors (Lipinski definition) is 4. The van der Waals surface area contributed by atoms with Crippen molar-refractivity contribution in [3.63, 3.8) is 0 Å². The molecule has 1 aliphatic carbocycles. The molecular formula is C30H28FN5O4. The summed E-state index contributed by atoms with van der Waals surface area (Å²) in [5, 5.41) is 27.6. The highest BCUT2D eigenvalue weighted by atomic mass is 19.1. The molecule has 1 aliphatic rings. The Morgan fingerprint density at radius 2 is 1.88 bits per heavy atom. The first-order valence-corrected chi connectivity index (χ1v) is 13.3. The third-order valence-electron chi connectivity index (χ3n) is 7.73. The number of phenols is 1. The number of halogens is 1. The Kier molecular flexibility index (Phi) is 6.67. The number of aromatic nitrogens is 4. The Labute approximate surface area is 228 Å². The van der Waals surface area contributed by atoms with E-state index in [1.54, 1.807) is 47.2 Å². The molecule has 0 spiro atoms. The molecule has 1 saturated carbocycles. The first kappa shape index (κ1) is 25.5. The molecule has 3 heterocycles. The predicted molar refractivity (Wildman–Crippen MR) is 147 cm³/mol. The summed E-state index contributed by atoms with van der Waals surface area (Å²) in [5.74, 6) is -1.85. The number of rotatable bonds is 7. The van der Waals surface area contributed by atoms with Crippen molar-refractivity contribution in [1.29, 1.82) is 0 Å². The molecule has 204 valence electrons. The number of amides is 1. The molecule has 40 heavy (non-hydrogen) atoms. The Balaban J connectivity index is 1.34. The van der Waals surface area contributed by atoms with Gasteiger partial charge in [-0.2, -0.15) is 5.10 Å². The molecule has 0 bridgehead atoms. The zero-order valence-corrected chi connectivity index (χ0v) is 21.6. The second kappa shape index (κ2) is 10.4. The molecule has 6 rings (SSSR count). The molecule has 5 aromatic rings. The number of aliphatic carboxylic acids is 1. The maximum absolute atomic E-state index is 13.6. The number of carboxylic acids is 1. The van der Waals surface area contributed by atoms with Crippen molar-refractivity contribution in [2.45, 2.75) is 50.5 Å². The number of hydrogen-bond acceptors (Lipinski definition) is 5. The maximum Gasteiger partial charge on any atom is 0.326 e. The SMILES string of the molecule is O=C(N[C@@H](Cc1c[nH]c2ccc(O)cc12)C(=O)O)c1cnn2c(C3CCCCC3)c(-c3ccc(F)cc3)cnc12. The highest BCUT2D eigenvalue weighted by Crippen LogP contribution is 2.38. The molecule has 0 radical (unpaired) electrons. The van der Waals surface area contributed by atoms with Crippen LogP contribution in [-0.2, 0) is 11.2 Å². The third-order valence-corrected chi connectivity index (χ3v) is 7.73. The number of phenolic OH excluding ortho intramolecular Hbond substituents is 1. The summed E-state index contributed by atoms with van der Waals surface area (Å²) in [7, 11) is 0. The van der Waals surface area contributed by atoms with E-state index in [0.717, 1.165) is 54.4 Å². The van der Waals surface area contributed by atoms with Crippen molar-refractivity contribution in [2.75, 3.05) is 0 Å². The highest BCUT2D eigenvalue weighted by molar-refractivity contribution is 6.01. The molecular weight excluding hydrogens is 513 g/mol. The molecule has 10 heteroatoms. The van der Waals surface area contributed by atoms with Crippen molar-refractivity contribution in [3.05, 3.63) is 83.7 Å². The van der Waals surface area contributed by atoms with Gasteiger partial charge >= 0.3 is 5.97 Å². The van der Waals surface area contributed by atoms with E-state index in [9.17, 15) is 24.2 Å². The topological polar surface area (TPSA) is 133 Å². The number of aromatic hydroxyl groups is 1. The molecule has 1 atom stereocenters. The van der Waals surface area contributed by atoms with Gasteiger partial charge in [-0.25, -0.2) is 18.7 Å². The quantitative estimate of drug-likeness (QED) is 0.224. The largest absolute Gasteiger partial charge is 0.508 e. The van der Waals surface area contributed by atoms with Crippen LogP contribution in [0.3, 0.4) is 0 Å². The number of nitrogens with one attached hydrogen (secondary N) is 2. The molecule has 3 aromatic heterocycles. The van der Waals surface area contributed by atoms with E-state index in [-0.39, 0.29) is 29.5 Å². The van der Waals surface area contributed by atoms with Gasteiger partial charge in [0.2, 0.25) is 0 Å². The van der Waals surface area contributed by atoms with Crippen LogP contribution in [-0.4, -0.2) is 47.7 Å². The van der Waals surface area contributed by atoms with Gasteiger partial charge in [-0.05, 0) is 54.3 Å². The van der Waals surface area contributed by atoms with Crippen LogP contribution < -0.4 is 5.32 Å². The first-order chi connectivity index (χ1) is 19.4. The van der Waals surface area contributed by atoms with Crippen LogP contribution in [0, 0.1) is 5.82 Å². The first-order valence-electron chi connectivity index (χ1n) is 13.3. The number of aromatic amines is 1. The van der Waals surface area contributed by atoms with E-state index in [0.29, 0.717) is 16.6 Å². The molecule has 4 N–H and O–H groups in total. The molecule has 2 aromatic carbocycles. The summed E-state index contributed by atoms with van der Waals surface area (Å²) >= 11 is 0. The van der Waals surface area contributed by atoms with Gasteiger partial charge in [-0.1, -0.05) is 31.4 Å². The van der Waals surface area contributed by atoms with E-state index < -0.39 is 17.9 Å². The van der Waals surface area contributed by atoms with Crippen LogP contribution >= 0.6 is 0 Å². The summed E-state index contributed by atoms with van der Waals surface area (Å²) in [6.07, 6.45) is 10.1. The summed E-state index contributed by atoms with van der Waals surface area (Å²) in [6.45, 7) is 0. The number of carbonyl (C=O) groups excluding carboxylic acids is 1. The molecule has 1 amide bonds. The summed E-state index contributed by atoms with van der Waals surface area (Å²) < 4.78 is 15.3. The van der Waals surface area contributed by atoms with Gasteiger partial charge in [-0.3, -0.25) is 4.79 Å². The van der Waals surface area contributed by atoms with E-state index in [1.165, 1.54) is 18.3 Å². The summed E-state index contributed by atoms with van der Waals surface area (Å²) in [6, 6.07) is 9.83. The number of carboxylic acid groups (broad SMARTS) is 1. The zero-order valence-electron chi connectivity index (χ0n) is 21.6. The summed E-state index contributed by atoms with van der Waals surface area (Å²) in [4.78, 5) is 33.2. The van der Waals surface area contributed by atoms with Gasteiger partial charge in [-0.15, -0.1) is 0 Å². The average molecular weight is 542 g/mol. The lowest BCUT2D eigenvalue weighted by Gasteiger charge is -2.25. The number of carbonyl (C=O) groups is 2. The highest BCUT2D eigenvalue weighted by Gasteiger charge is 2.28. The fraction of sp³-hybridized carbons (Fsp3) is 0.267. The Hall–Kier alpha value is -4.73. The van der Waals surface area contributed by atoms with Crippen LogP contribution in [0.5, 0.6) is 5.75 Å². The van der Waals surface area contributed by atoms with Crippen LogP contribution in [0.4, 0.5) is 4.39 Å². The molecule has 0 aliphatic heterocycles. The lowest BCUT2D eigenvalue weighted by atomic mass is 9.84. The van der Waals surface area contributed by atoms with E-state index in [4.69, 9.17) is 0 Å². The summed E-state index contributed by atoms with van der Waals surface area (Å²) in [5.41, 5.74) is 4.48. The third kappa shape index (κ3) is 4.76. The zero-order chi connectivity index (χ0) is 27.8. The minimum absolute atomic E-state index is 0.0131. The number of H-pyrrole nitrogens is 1. The normalized spacial score (nSPS) is 14.9. The average Bonchev–Trinajstić information content (AvgIpc) is 3.57. The van der Waals surface area contributed by atoms with E-state index >= 15 is 0 Å². The smallest absolute Gasteiger partial charge is 0.326 e. The fourth-order valence-electron chi connectivity index (χ4n) is 5.72. The van der Waals surface area contributed by atoms with Crippen molar-refractivity contribution in [2.24, 2.45) is 0 Å². The molecule has 0 unspecified atom stereocenters. The van der Waals surface area contributed by atoms with E-state index in [2.05, 4.69) is 20.4 Å². The Bertz CT molecular complexity index is 1720. The molecule has 9 nitrogen and oxygen atoms in total. The second-order valence-electron chi connectivity index (χ2n) is 10.3. The minimum Gasteiger partial charge on any atom is -0.508 e. The van der Waals surface area contributed by atoms with Crippen LogP contribution in [0.1, 0.15) is 59.6 Å². The lowest BCUT2D eigenvalue weighted by molar-refractivity contribution is -0.139. The predicted octanol–water partition coefficient (Wildman–Crippen LogP) is 5.20. The van der Waals surface area contributed by atoms with Crippen molar-refractivity contribution >= 4 is 28.4 Å². The van der Waals surface area contributed by atoms with Gasteiger partial charge < -0.3 is 20.5 Å². The standard InChI is InChI=1S/C30H28FN5O4/c31-20-8-6-17(7-9-20)23-15-33-28-24(16-34-36(28)27(23)18-4-2-1-3-5-18)29(38)35-26(30(39)40)12-19-14-32-25-11-10-21(37)13-22(19)25/h6-11,13-16,18,26,32,37H,1-5,12H2,(H,35,38)(H,39,40)/t26-/m0/s1. The van der Waals surface area contributed by atoms with Gasteiger partial charge in [0.1, 0.15) is 23.2 Å². The Morgan fingerprint density at radius 3 is 2.62 bits per heavy atom. The second-order valence-corrected chi connectivity index (χ2v) is 10.3. The van der Waals surface area contributed by atoms with Crippen LogP contribution in [0.15, 0.2) is 61.1 Å². The number of nitrogens with zero attached hydrogens (tertiary/aromatic N) is 3. The van der Waals surface area contributed by atoms with Gasteiger partial charge in [0.15, 0.2) is 5.65 Å². The lowest BCUT2D eigenvalue weighted by Crippen LogP contribution is -2.42. The molecule has 0 saturated heterocycles. The van der Waals surface area contributed by atoms with E-state index in [1.807, 2.05) is 0 Å². The van der Waals surface area contributed by atoms with Crippen molar-refractivity contribution in [1.82, 2.24) is 24.9 Å². The maximum atomic E-state index is 13.6. The number of fused-ring (bicyclic) bond motifs is 2. The van der Waals surface area contributed by atoms with Crippen molar-refractivity contribution < 1.29 is 24.2 Å². The molecule has 1 fully saturated rings. The van der Waals surface area contributed by atoms with Gasteiger partial charge in [0.25, 0.3) is 5.91 Å². The monoisotopic (exact) mass is 541 g/mol. The van der Waals surface area contributed by atoms with Gasteiger partial charge in [0.05, 0.1) is 11.9 Å².